The lowest BCUT2D eigenvalue weighted by molar-refractivity contribution is -0.145. The van der Waals surface area contributed by atoms with Crippen LogP contribution in [0, 0.1) is 0 Å². The monoisotopic (exact) mass is 486 g/mol. The molecule has 0 saturated carbocycles. The first kappa shape index (κ1) is 23.7. The van der Waals surface area contributed by atoms with Crippen molar-refractivity contribution in [2.75, 3.05) is 18.5 Å². The molecular formula is C24H26N2O7S. The van der Waals surface area contributed by atoms with Crippen molar-refractivity contribution < 1.29 is 32.3 Å². The molecule has 0 radical (unpaired) electrons. The summed E-state index contributed by atoms with van der Waals surface area (Å²) in [5.74, 6) is -0.766. The number of sulfonamides is 1. The van der Waals surface area contributed by atoms with Crippen LogP contribution in [0.2, 0.25) is 0 Å². The number of rotatable bonds is 6. The van der Waals surface area contributed by atoms with E-state index in [0.717, 1.165) is 4.90 Å². The van der Waals surface area contributed by atoms with Gasteiger partial charge in [-0.25, -0.2) is 22.3 Å². The molecule has 1 amide bonds. The number of carbonyl (C=O) groups is 3. The molecule has 2 aliphatic rings. The maximum absolute atomic E-state index is 14.0. The topological polar surface area (TPSA) is 110 Å². The van der Waals surface area contributed by atoms with Gasteiger partial charge in [0.05, 0.1) is 24.8 Å². The van der Waals surface area contributed by atoms with Crippen molar-refractivity contribution in [1.29, 1.82) is 0 Å². The summed E-state index contributed by atoms with van der Waals surface area (Å²) in [5, 5.41) is 0. The zero-order valence-corrected chi connectivity index (χ0v) is 19.9. The summed E-state index contributed by atoms with van der Waals surface area (Å²) in [6.07, 6.45) is -1.50. The molecule has 3 atom stereocenters. The number of hydrogen-bond donors (Lipinski definition) is 0. The van der Waals surface area contributed by atoms with Crippen molar-refractivity contribution in [1.82, 2.24) is 4.90 Å². The fraction of sp³-hybridized carbons (Fsp3) is 0.375. The van der Waals surface area contributed by atoms with Gasteiger partial charge in [-0.15, -0.1) is 0 Å². The number of benzene rings is 2. The first-order valence-corrected chi connectivity index (χ1v) is 12.3. The number of anilines is 1. The van der Waals surface area contributed by atoms with Gasteiger partial charge in [-0.05, 0) is 43.5 Å². The summed E-state index contributed by atoms with van der Waals surface area (Å²) >= 11 is 0. The third kappa shape index (κ3) is 3.53. The molecule has 2 aliphatic heterocycles. The summed E-state index contributed by atoms with van der Waals surface area (Å²) in [6.45, 7) is 1.45. The van der Waals surface area contributed by atoms with Crippen LogP contribution in [-0.2, 0) is 34.5 Å². The normalized spacial score (nSPS) is 23.3. The number of likely N-dealkylation sites (tertiary alicyclic amines) is 1. The van der Waals surface area contributed by atoms with Gasteiger partial charge in [0.2, 0.25) is 0 Å². The minimum Gasteiger partial charge on any atom is -0.467 e. The smallest absolute Gasteiger partial charge is 0.411 e. The number of esters is 1. The number of carbonyl (C=O) groups excluding carboxylic acids is 3. The van der Waals surface area contributed by atoms with E-state index in [4.69, 9.17) is 9.47 Å². The summed E-state index contributed by atoms with van der Waals surface area (Å²) in [6, 6.07) is 13.7. The van der Waals surface area contributed by atoms with Crippen LogP contribution in [0.5, 0.6) is 0 Å². The second-order valence-electron chi connectivity index (χ2n) is 8.48. The Morgan fingerprint density at radius 1 is 1.00 bits per heavy atom. The molecule has 0 N–H and O–H groups in total. The van der Waals surface area contributed by atoms with E-state index in [0.29, 0.717) is 11.3 Å². The average Bonchev–Trinajstić information content (AvgIpc) is 3.32. The van der Waals surface area contributed by atoms with Crippen LogP contribution < -0.4 is 4.31 Å². The van der Waals surface area contributed by atoms with Crippen LogP contribution in [0.4, 0.5) is 10.5 Å². The zero-order chi connectivity index (χ0) is 24.7. The van der Waals surface area contributed by atoms with E-state index in [1.165, 1.54) is 37.6 Å². The predicted molar refractivity (Wildman–Crippen MR) is 123 cm³/mol. The molecule has 10 heteroatoms. The van der Waals surface area contributed by atoms with Gasteiger partial charge in [-0.1, -0.05) is 36.4 Å². The van der Waals surface area contributed by atoms with Crippen LogP contribution in [0.3, 0.4) is 0 Å². The zero-order valence-electron chi connectivity index (χ0n) is 19.1. The highest BCUT2D eigenvalue weighted by Crippen LogP contribution is 2.58. The van der Waals surface area contributed by atoms with Gasteiger partial charge in [0.15, 0.2) is 0 Å². The number of fused-ring (bicyclic) bond motifs is 3. The summed E-state index contributed by atoms with van der Waals surface area (Å²) in [5.41, 5.74) is 0.0372. The van der Waals surface area contributed by atoms with Gasteiger partial charge in [-0.3, -0.25) is 4.90 Å². The van der Waals surface area contributed by atoms with Crippen molar-refractivity contribution in [2.24, 2.45) is 0 Å². The second-order valence-corrected chi connectivity index (χ2v) is 10.3. The van der Waals surface area contributed by atoms with Crippen molar-refractivity contribution in [3.8, 4) is 0 Å². The number of Topliss-reactive ketones (excluding diaryl/α,β-unsaturated/α-hetero) is 1. The Kier molecular flexibility index (Phi) is 6.11. The number of methoxy groups -OCH3 is 2. The van der Waals surface area contributed by atoms with E-state index in [1.807, 2.05) is 0 Å². The van der Waals surface area contributed by atoms with E-state index >= 15 is 0 Å². The predicted octanol–water partition coefficient (Wildman–Crippen LogP) is 2.84. The number of nitrogens with zero attached hydrogens (tertiary/aromatic N) is 2. The minimum atomic E-state index is -4.17. The van der Waals surface area contributed by atoms with E-state index in [1.54, 1.807) is 42.5 Å². The fourth-order valence-electron chi connectivity index (χ4n) is 5.19. The lowest BCUT2D eigenvalue weighted by atomic mass is 9.74. The molecule has 9 nitrogen and oxygen atoms in total. The largest absolute Gasteiger partial charge is 0.467 e. The molecule has 34 heavy (non-hydrogen) atoms. The highest BCUT2D eigenvalue weighted by molar-refractivity contribution is 7.92. The molecule has 0 bridgehead atoms. The fourth-order valence-corrected chi connectivity index (χ4v) is 6.90. The molecule has 2 aromatic carbocycles. The van der Waals surface area contributed by atoms with Crippen LogP contribution in [0.25, 0.3) is 0 Å². The lowest BCUT2D eigenvalue weighted by Gasteiger charge is -2.37. The van der Waals surface area contributed by atoms with Gasteiger partial charge in [0.1, 0.15) is 18.0 Å². The maximum atomic E-state index is 14.0. The standard InChI is InChI=1S/C24H26N2O7S/c1-16(27)13-14-24-15-20(21(28)32-2)25(23(29)33-3)22(24)26(19-12-8-7-11-18(19)24)34(30,31)17-9-5-4-6-10-17/h4-12,20,22H,13-15H2,1-3H3/t20-,22-,24+/m0/s1. The van der Waals surface area contributed by atoms with Crippen molar-refractivity contribution in [2.45, 2.75) is 48.7 Å². The van der Waals surface area contributed by atoms with Crippen molar-refractivity contribution in [3.63, 3.8) is 0 Å². The number of amides is 1. The molecule has 4 rings (SSSR count). The van der Waals surface area contributed by atoms with Crippen molar-refractivity contribution in [3.05, 3.63) is 60.2 Å². The van der Waals surface area contributed by atoms with Crippen LogP contribution >= 0.6 is 0 Å². The first-order valence-electron chi connectivity index (χ1n) is 10.8. The highest BCUT2D eigenvalue weighted by Gasteiger charge is 2.66. The van der Waals surface area contributed by atoms with E-state index in [-0.39, 0.29) is 29.9 Å². The number of hydrogen-bond acceptors (Lipinski definition) is 7. The molecule has 0 spiro atoms. The third-order valence-corrected chi connectivity index (χ3v) is 8.42. The Morgan fingerprint density at radius 3 is 2.26 bits per heavy atom. The maximum Gasteiger partial charge on any atom is 0.411 e. The molecule has 1 fully saturated rings. The Bertz CT molecular complexity index is 1230. The number of para-hydroxylation sites is 1. The molecular weight excluding hydrogens is 460 g/mol. The first-order chi connectivity index (χ1) is 16.2. The van der Waals surface area contributed by atoms with Crippen LogP contribution in [0.15, 0.2) is 59.5 Å². The Labute approximate surface area is 198 Å². The van der Waals surface area contributed by atoms with Gasteiger partial charge in [0.25, 0.3) is 10.0 Å². The van der Waals surface area contributed by atoms with Gasteiger partial charge in [0, 0.05) is 11.8 Å². The van der Waals surface area contributed by atoms with Gasteiger partial charge >= 0.3 is 12.1 Å². The molecule has 2 aromatic rings. The minimum absolute atomic E-state index is 0.0403. The van der Waals surface area contributed by atoms with Gasteiger partial charge < -0.3 is 14.3 Å². The number of ether oxygens (including phenoxy) is 2. The van der Waals surface area contributed by atoms with Crippen LogP contribution in [0.1, 0.15) is 31.7 Å². The quantitative estimate of drug-likeness (QED) is 0.578. The third-order valence-electron chi connectivity index (χ3n) is 6.63. The highest BCUT2D eigenvalue weighted by atomic mass is 32.2. The Hall–Kier alpha value is -3.40. The average molecular weight is 487 g/mol. The molecule has 1 saturated heterocycles. The molecule has 0 aliphatic carbocycles. The molecule has 0 aromatic heterocycles. The Morgan fingerprint density at radius 2 is 1.65 bits per heavy atom. The summed E-state index contributed by atoms with van der Waals surface area (Å²) < 4.78 is 39.1. The Balaban J connectivity index is 2.00. The molecule has 180 valence electrons. The van der Waals surface area contributed by atoms with Gasteiger partial charge in [-0.2, -0.15) is 0 Å². The van der Waals surface area contributed by atoms with E-state index in [9.17, 15) is 22.8 Å². The SMILES string of the molecule is COC(=O)[C@@H]1C[C@]2(CCC(C)=O)c3ccccc3N(S(=O)(=O)c3ccccc3)[C@@H]2N1C(=O)OC. The second kappa shape index (κ2) is 8.75. The van der Waals surface area contributed by atoms with Crippen molar-refractivity contribution >= 4 is 33.6 Å². The summed E-state index contributed by atoms with van der Waals surface area (Å²) in [4.78, 5) is 39.0. The number of ketones is 1. The van der Waals surface area contributed by atoms with Crippen LogP contribution in [-0.4, -0.2) is 57.6 Å². The summed E-state index contributed by atoms with van der Waals surface area (Å²) in [7, 11) is -1.79. The van der Waals surface area contributed by atoms with E-state index in [2.05, 4.69) is 0 Å². The molecule has 0 unspecified atom stereocenters. The molecule has 2 heterocycles. The lowest BCUT2D eigenvalue weighted by Crippen LogP contribution is -2.56. The van der Waals surface area contributed by atoms with E-state index < -0.39 is 39.7 Å².